The van der Waals surface area contributed by atoms with Crippen molar-refractivity contribution in [1.29, 1.82) is 0 Å². The number of aryl methyl sites for hydroxylation is 1. The van der Waals surface area contributed by atoms with Crippen molar-refractivity contribution in [2.45, 2.75) is 13.3 Å². The van der Waals surface area contributed by atoms with E-state index in [4.69, 9.17) is 5.11 Å². The van der Waals surface area contributed by atoms with E-state index in [1.807, 2.05) is 31.2 Å². The topological polar surface area (TPSA) is 99.2 Å². The largest absolute Gasteiger partial charge is 0.481 e. The summed E-state index contributed by atoms with van der Waals surface area (Å²) in [6.07, 6.45) is 4.14. The molecule has 7 heteroatoms. The lowest BCUT2D eigenvalue weighted by Crippen LogP contribution is -2.32. The third kappa shape index (κ3) is 4.27. The number of amides is 1. The van der Waals surface area contributed by atoms with E-state index in [0.29, 0.717) is 0 Å². The molecule has 0 spiro atoms. The minimum atomic E-state index is -0.986. The zero-order valence-electron chi connectivity index (χ0n) is 12.1. The quantitative estimate of drug-likeness (QED) is 0.790. The normalized spacial score (nSPS) is 10.8. The van der Waals surface area contributed by atoms with Crippen LogP contribution in [0, 0.1) is 6.92 Å². The Hall–Kier alpha value is -2.96. The van der Waals surface area contributed by atoms with Crippen molar-refractivity contribution in [1.82, 2.24) is 15.2 Å². The standard InChI is InChI=1S/C15H16N4O3/c1-11-2-4-12(5-3-11)6-7-13(20)19(9-8-14(21)22)15-16-10-17-18-15/h2-7,10H,8-9H2,1H3,(H,21,22)(H,16,17,18)/b7-6+. The fraction of sp³-hybridized carbons (Fsp3) is 0.200. The summed E-state index contributed by atoms with van der Waals surface area (Å²) in [6.45, 7) is 2.00. The van der Waals surface area contributed by atoms with Gasteiger partial charge in [0.1, 0.15) is 6.33 Å². The summed E-state index contributed by atoms with van der Waals surface area (Å²) in [7, 11) is 0. The molecule has 1 aromatic carbocycles. The summed E-state index contributed by atoms with van der Waals surface area (Å²) in [6, 6.07) is 7.69. The van der Waals surface area contributed by atoms with Crippen molar-refractivity contribution >= 4 is 23.9 Å². The maximum atomic E-state index is 12.3. The highest BCUT2D eigenvalue weighted by atomic mass is 16.4. The zero-order valence-corrected chi connectivity index (χ0v) is 12.1. The Kier molecular flexibility index (Phi) is 5.02. The van der Waals surface area contributed by atoms with E-state index in [1.54, 1.807) is 6.08 Å². The molecule has 0 aliphatic heterocycles. The number of H-pyrrole nitrogens is 1. The highest BCUT2D eigenvalue weighted by Crippen LogP contribution is 2.09. The van der Waals surface area contributed by atoms with Crippen molar-refractivity contribution in [3.05, 3.63) is 47.8 Å². The van der Waals surface area contributed by atoms with E-state index in [9.17, 15) is 9.59 Å². The first-order chi connectivity index (χ1) is 10.6. The molecule has 22 heavy (non-hydrogen) atoms. The summed E-state index contributed by atoms with van der Waals surface area (Å²) < 4.78 is 0. The molecule has 0 unspecified atom stereocenters. The summed E-state index contributed by atoms with van der Waals surface area (Å²) in [5, 5.41) is 15.0. The first-order valence-corrected chi connectivity index (χ1v) is 6.69. The molecule has 0 aliphatic rings. The number of aromatic nitrogens is 3. The summed E-state index contributed by atoms with van der Waals surface area (Å²) in [5.41, 5.74) is 2.02. The van der Waals surface area contributed by atoms with Gasteiger partial charge in [0.25, 0.3) is 5.91 Å². The molecule has 2 aromatic rings. The number of rotatable bonds is 6. The van der Waals surface area contributed by atoms with E-state index < -0.39 is 5.97 Å². The van der Waals surface area contributed by atoms with Gasteiger partial charge in [0.15, 0.2) is 0 Å². The van der Waals surface area contributed by atoms with Crippen LogP contribution in [-0.2, 0) is 9.59 Å². The minimum absolute atomic E-state index is 0.0155. The number of hydrogen-bond donors (Lipinski definition) is 2. The van der Waals surface area contributed by atoms with Crippen LogP contribution in [0.1, 0.15) is 17.5 Å². The van der Waals surface area contributed by atoms with Crippen molar-refractivity contribution in [3.63, 3.8) is 0 Å². The van der Waals surface area contributed by atoms with Gasteiger partial charge < -0.3 is 5.11 Å². The minimum Gasteiger partial charge on any atom is -0.481 e. The number of hydrogen-bond acceptors (Lipinski definition) is 4. The molecule has 0 saturated heterocycles. The van der Waals surface area contributed by atoms with E-state index in [2.05, 4.69) is 15.2 Å². The van der Waals surface area contributed by atoms with Crippen LogP contribution in [0.25, 0.3) is 6.08 Å². The molecule has 0 radical (unpaired) electrons. The lowest BCUT2D eigenvalue weighted by atomic mass is 10.1. The highest BCUT2D eigenvalue weighted by molar-refractivity contribution is 6.03. The highest BCUT2D eigenvalue weighted by Gasteiger charge is 2.17. The Morgan fingerprint density at radius 3 is 2.64 bits per heavy atom. The first-order valence-electron chi connectivity index (χ1n) is 6.69. The van der Waals surface area contributed by atoms with E-state index in [0.717, 1.165) is 11.1 Å². The van der Waals surface area contributed by atoms with E-state index >= 15 is 0 Å². The van der Waals surface area contributed by atoms with Crippen LogP contribution in [0.15, 0.2) is 36.7 Å². The Labute approximate surface area is 127 Å². The number of nitrogens with zero attached hydrogens (tertiary/aromatic N) is 3. The first kappa shape index (κ1) is 15.4. The number of nitrogens with one attached hydrogen (secondary N) is 1. The molecule has 0 aliphatic carbocycles. The Morgan fingerprint density at radius 1 is 1.32 bits per heavy atom. The number of aromatic amines is 1. The SMILES string of the molecule is Cc1ccc(/C=C/C(=O)N(CCC(=O)O)c2ncn[nH]2)cc1. The number of carboxylic acids is 1. The molecule has 7 nitrogen and oxygen atoms in total. The van der Waals surface area contributed by atoms with Crippen LogP contribution >= 0.6 is 0 Å². The zero-order chi connectivity index (χ0) is 15.9. The lowest BCUT2D eigenvalue weighted by molar-refractivity contribution is -0.136. The monoisotopic (exact) mass is 300 g/mol. The van der Waals surface area contributed by atoms with Crippen molar-refractivity contribution in [2.24, 2.45) is 0 Å². The van der Waals surface area contributed by atoms with Crippen LogP contribution in [0.3, 0.4) is 0 Å². The maximum absolute atomic E-state index is 12.3. The molecule has 0 bridgehead atoms. The summed E-state index contributed by atoms with van der Waals surface area (Å²) >= 11 is 0. The van der Waals surface area contributed by atoms with Gasteiger partial charge in [-0.05, 0) is 18.6 Å². The van der Waals surface area contributed by atoms with E-state index in [1.165, 1.54) is 17.3 Å². The predicted octanol–water partition coefficient (Wildman–Crippen LogP) is 1.63. The molecular formula is C15H16N4O3. The van der Waals surface area contributed by atoms with Crippen LogP contribution in [0.2, 0.25) is 0 Å². The Bertz CT molecular complexity index is 663. The molecule has 0 fully saturated rings. The number of aliphatic carboxylic acids is 1. The van der Waals surface area contributed by atoms with Gasteiger partial charge in [0.05, 0.1) is 6.42 Å². The molecule has 2 rings (SSSR count). The van der Waals surface area contributed by atoms with Gasteiger partial charge >= 0.3 is 5.97 Å². The molecule has 2 N–H and O–H groups in total. The fourth-order valence-corrected chi connectivity index (χ4v) is 1.79. The molecule has 0 saturated carbocycles. The number of carbonyl (C=O) groups is 2. The number of carboxylic acid groups (broad SMARTS) is 1. The third-order valence-electron chi connectivity index (χ3n) is 2.97. The number of carbonyl (C=O) groups excluding carboxylic acids is 1. The average Bonchev–Trinajstić information content (AvgIpc) is 3.00. The van der Waals surface area contributed by atoms with Gasteiger partial charge in [0.2, 0.25) is 5.95 Å². The maximum Gasteiger partial charge on any atom is 0.305 e. The summed E-state index contributed by atoms with van der Waals surface area (Å²) in [5.74, 6) is -1.13. The second-order valence-electron chi connectivity index (χ2n) is 4.69. The van der Waals surface area contributed by atoms with Crippen molar-refractivity contribution in [3.8, 4) is 0 Å². The second kappa shape index (κ2) is 7.16. The third-order valence-corrected chi connectivity index (χ3v) is 2.97. The van der Waals surface area contributed by atoms with Crippen LogP contribution in [0.5, 0.6) is 0 Å². The summed E-state index contributed by atoms with van der Waals surface area (Å²) in [4.78, 5) is 28.1. The van der Waals surface area contributed by atoms with E-state index in [-0.39, 0.29) is 24.8 Å². The molecular weight excluding hydrogens is 284 g/mol. The number of benzene rings is 1. The van der Waals surface area contributed by atoms with Crippen molar-refractivity contribution < 1.29 is 14.7 Å². The fourth-order valence-electron chi connectivity index (χ4n) is 1.79. The van der Waals surface area contributed by atoms with Crippen LogP contribution in [0.4, 0.5) is 5.95 Å². The lowest BCUT2D eigenvalue weighted by Gasteiger charge is -2.16. The molecule has 1 heterocycles. The molecule has 1 amide bonds. The molecule has 0 atom stereocenters. The molecule has 1 aromatic heterocycles. The predicted molar refractivity (Wildman–Crippen MR) is 81.2 cm³/mol. The van der Waals surface area contributed by atoms with Gasteiger partial charge in [0, 0.05) is 12.6 Å². The smallest absolute Gasteiger partial charge is 0.305 e. The second-order valence-corrected chi connectivity index (χ2v) is 4.69. The van der Waals surface area contributed by atoms with Gasteiger partial charge in [-0.1, -0.05) is 29.8 Å². The van der Waals surface area contributed by atoms with Gasteiger partial charge in [-0.15, -0.1) is 0 Å². The van der Waals surface area contributed by atoms with Crippen molar-refractivity contribution in [2.75, 3.05) is 11.4 Å². The average molecular weight is 300 g/mol. The molecule has 114 valence electrons. The van der Waals surface area contributed by atoms with Gasteiger partial charge in [-0.25, -0.2) is 5.10 Å². The van der Waals surface area contributed by atoms with Crippen LogP contribution < -0.4 is 4.90 Å². The van der Waals surface area contributed by atoms with Gasteiger partial charge in [-0.2, -0.15) is 10.1 Å². The van der Waals surface area contributed by atoms with Crippen LogP contribution in [-0.4, -0.2) is 38.7 Å². The number of anilines is 1. The Balaban J connectivity index is 2.11. The van der Waals surface area contributed by atoms with Gasteiger partial charge in [-0.3, -0.25) is 14.5 Å². The Morgan fingerprint density at radius 2 is 2.05 bits per heavy atom.